The van der Waals surface area contributed by atoms with Gasteiger partial charge in [-0.15, -0.1) is 21.5 Å². The maximum absolute atomic E-state index is 12.9. The Morgan fingerprint density at radius 2 is 1.83 bits per heavy atom. The van der Waals surface area contributed by atoms with Crippen molar-refractivity contribution in [3.63, 3.8) is 0 Å². The van der Waals surface area contributed by atoms with Crippen LogP contribution in [0.5, 0.6) is 0 Å². The zero-order valence-electron chi connectivity index (χ0n) is 17.5. The Morgan fingerprint density at radius 1 is 1.10 bits per heavy atom. The van der Waals surface area contributed by atoms with Gasteiger partial charge in [-0.2, -0.15) is 0 Å². The highest BCUT2D eigenvalue weighted by atomic mass is 32.2. The first-order chi connectivity index (χ1) is 14.3. The third-order valence-electron chi connectivity index (χ3n) is 4.85. The predicted molar refractivity (Wildman–Crippen MR) is 120 cm³/mol. The van der Waals surface area contributed by atoms with Gasteiger partial charge in [0.05, 0.1) is 16.5 Å². The molecule has 0 N–H and O–H groups in total. The van der Waals surface area contributed by atoms with E-state index in [4.69, 9.17) is 4.42 Å². The second-order valence-corrected chi connectivity index (χ2v) is 9.32. The number of aromatic nitrogens is 4. The molecule has 0 fully saturated rings. The van der Waals surface area contributed by atoms with E-state index in [1.54, 1.807) is 0 Å². The number of ketones is 1. The summed E-state index contributed by atoms with van der Waals surface area (Å²) < 4.78 is 7.85. The fourth-order valence-corrected chi connectivity index (χ4v) is 4.92. The van der Waals surface area contributed by atoms with Crippen LogP contribution in [0.1, 0.15) is 38.0 Å². The van der Waals surface area contributed by atoms with Crippen molar-refractivity contribution in [1.82, 2.24) is 19.7 Å². The van der Waals surface area contributed by atoms with Gasteiger partial charge in [-0.1, -0.05) is 29.5 Å². The summed E-state index contributed by atoms with van der Waals surface area (Å²) >= 11 is 2.78. The van der Waals surface area contributed by atoms with Gasteiger partial charge >= 0.3 is 0 Å². The normalized spacial score (nSPS) is 11.2. The number of aryl methyl sites for hydroxylation is 4. The maximum atomic E-state index is 12.9. The molecular formula is C22H22N4O2S2. The van der Waals surface area contributed by atoms with Crippen molar-refractivity contribution >= 4 is 28.9 Å². The number of carbonyl (C=O) groups is 1. The van der Waals surface area contributed by atoms with Crippen LogP contribution in [-0.2, 0) is 0 Å². The first-order valence-corrected chi connectivity index (χ1v) is 11.3. The minimum atomic E-state index is 0.0380. The van der Waals surface area contributed by atoms with Gasteiger partial charge in [0.25, 0.3) is 11.1 Å². The molecule has 30 heavy (non-hydrogen) atoms. The van der Waals surface area contributed by atoms with Gasteiger partial charge in [0.15, 0.2) is 5.78 Å². The second-order valence-electron chi connectivity index (χ2n) is 7.19. The van der Waals surface area contributed by atoms with Crippen molar-refractivity contribution in [2.24, 2.45) is 0 Å². The highest BCUT2D eigenvalue weighted by Gasteiger charge is 2.19. The predicted octanol–water partition coefficient (Wildman–Crippen LogP) is 5.50. The van der Waals surface area contributed by atoms with Gasteiger partial charge in [0.2, 0.25) is 0 Å². The molecular weight excluding hydrogens is 416 g/mol. The average Bonchev–Trinajstić information content (AvgIpc) is 3.38. The summed E-state index contributed by atoms with van der Waals surface area (Å²) in [6.45, 7) is 9.92. The Kier molecular flexibility index (Phi) is 5.62. The number of benzene rings is 1. The van der Waals surface area contributed by atoms with Gasteiger partial charge in [-0.05, 0) is 52.8 Å². The molecule has 4 rings (SSSR count). The molecule has 0 saturated carbocycles. The summed E-state index contributed by atoms with van der Waals surface area (Å²) in [5, 5.41) is 9.53. The minimum Gasteiger partial charge on any atom is -0.410 e. The third-order valence-corrected chi connectivity index (χ3v) is 6.73. The van der Waals surface area contributed by atoms with Crippen LogP contribution in [-0.4, -0.2) is 31.3 Å². The monoisotopic (exact) mass is 438 g/mol. The summed E-state index contributed by atoms with van der Waals surface area (Å²) in [7, 11) is 0. The Bertz CT molecular complexity index is 1220. The summed E-state index contributed by atoms with van der Waals surface area (Å²) in [5.74, 6) is 0.724. The first-order valence-electron chi connectivity index (χ1n) is 9.53. The molecule has 3 aromatic heterocycles. The van der Waals surface area contributed by atoms with Crippen LogP contribution in [0, 0.1) is 34.6 Å². The number of Topliss-reactive ketones (excluding diaryl/α,β-unsaturated/α-hetero) is 1. The minimum absolute atomic E-state index is 0.0380. The molecule has 154 valence electrons. The molecule has 0 aliphatic carbocycles. The van der Waals surface area contributed by atoms with Crippen LogP contribution in [0.15, 0.2) is 40.0 Å². The van der Waals surface area contributed by atoms with Crippen molar-refractivity contribution < 1.29 is 9.21 Å². The number of thiazole rings is 1. The fraction of sp³-hybridized carbons (Fsp3) is 0.273. The van der Waals surface area contributed by atoms with E-state index in [9.17, 15) is 4.79 Å². The molecule has 3 heterocycles. The van der Waals surface area contributed by atoms with E-state index in [0.717, 1.165) is 32.7 Å². The van der Waals surface area contributed by atoms with Crippen LogP contribution in [0.2, 0.25) is 0 Å². The maximum Gasteiger partial charge on any atom is 0.277 e. The van der Waals surface area contributed by atoms with Crippen LogP contribution >= 0.6 is 23.1 Å². The largest absolute Gasteiger partial charge is 0.410 e. The van der Waals surface area contributed by atoms with Crippen molar-refractivity contribution in [3.8, 4) is 16.5 Å². The smallest absolute Gasteiger partial charge is 0.277 e. The molecule has 4 aromatic rings. The molecule has 0 amide bonds. The van der Waals surface area contributed by atoms with Gasteiger partial charge in [0, 0.05) is 22.6 Å². The molecule has 0 bridgehead atoms. The van der Waals surface area contributed by atoms with Gasteiger partial charge in [-0.25, -0.2) is 4.98 Å². The lowest BCUT2D eigenvalue weighted by Crippen LogP contribution is -2.05. The second kappa shape index (κ2) is 8.20. The quantitative estimate of drug-likeness (QED) is 0.292. The van der Waals surface area contributed by atoms with E-state index in [1.807, 2.05) is 33.8 Å². The molecule has 8 heteroatoms. The van der Waals surface area contributed by atoms with Gasteiger partial charge < -0.3 is 8.98 Å². The number of nitrogens with zero attached hydrogens (tertiary/aromatic N) is 4. The average molecular weight is 439 g/mol. The van der Waals surface area contributed by atoms with E-state index in [0.29, 0.717) is 16.7 Å². The van der Waals surface area contributed by atoms with E-state index >= 15 is 0 Å². The highest BCUT2D eigenvalue weighted by molar-refractivity contribution is 7.99. The number of hydrogen-bond donors (Lipinski definition) is 0. The summed E-state index contributed by atoms with van der Waals surface area (Å²) in [4.78, 5) is 18.2. The third kappa shape index (κ3) is 3.97. The van der Waals surface area contributed by atoms with Crippen molar-refractivity contribution in [2.45, 2.75) is 39.8 Å². The van der Waals surface area contributed by atoms with Crippen molar-refractivity contribution in [2.75, 3.05) is 5.75 Å². The molecule has 0 aliphatic heterocycles. The highest BCUT2D eigenvalue weighted by Crippen LogP contribution is 2.31. The SMILES string of the molecule is Cc1ccc(-n2c(C)cc(C(=O)CSc3nnc(-c4sc(C)nc4C)o3)c2C)cc1. The van der Waals surface area contributed by atoms with Crippen molar-refractivity contribution in [3.05, 3.63) is 63.5 Å². The number of carbonyl (C=O) groups excluding carboxylic acids is 1. The zero-order valence-corrected chi connectivity index (χ0v) is 19.1. The Labute approximate surface area is 183 Å². The van der Waals surface area contributed by atoms with E-state index in [1.165, 1.54) is 28.7 Å². The van der Waals surface area contributed by atoms with E-state index < -0.39 is 0 Å². The Morgan fingerprint density at radius 3 is 2.50 bits per heavy atom. The van der Waals surface area contributed by atoms with E-state index in [-0.39, 0.29) is 11.5 Å². The summed E-state index contributed by atoms with van der Waals surface area (Å²) in [6.07, 6.45) is 0. The number of thioether (sulfide) groups is 1. The molecule has 0 atom stereocenters. The number of hydrogen-bond acceptors (Lipinski definition) is 7. The van der Waals surface area contributed by atoms with E-state index in [2.05, 4.69) is 50.9 Å². The lowest BCUT2D eigenvalue weighted by Gasteiger charge is -2.10. The molecule has 1 aromatic carbocycles. The lowest BCUT2D eigenvalue weighted by molar-refractivity contribution is 0.102. The van der Waals surface area contributed by atoms with Crippen LogP contribution in [0.4, 0.5) is 0 Å². The van der Waals surface area contributed by atoms with Crippen molar-refractivity contribution in [1.29, 1.82) is 0 Å². The number of rotatable bonds is 6. The molecule has 0 radical (unpaired) electrons. The Balaban J connectivity index is 1.49. The fourth-order valence-electron chi connectivity index (χ4n) is 3.43. The van der Waals surface area contributed by atoms with Crippen LogP contribution < -0.4 is 0 Å². The van der Waals surface area contributed by atoms with Gasteiger partial charge in [0.1, 0.15) is 4.88 Å². The molecule has 0 saturated heterocycles. The molecule has 0 spiro atoms. The molecule has 6 nitrogen and oxygen atoms in total. The topological polar surface area (TPSA) is 73.8 Å². The lowest BCUT2D eigenvalue weighted by atomic mass is 10.2. The van der Waals surface area contributed by atoms with Crippen LogP contribution in [0.3, 0.4) is 0 Å². The summed E-state index contributed by atoms with van der Waals surface area (Å²) in [5.41, 5.74) is 5.81. The van der Waals surface area contributed by atoms with Crippen LogP contribution in [0.25, 0.3) is 16.5 Å². The zero-order chi connectivity index (χ0) is 21.4. The standard InChI is InChI=1S/C22H22N4O2S2/c1-12-6-8-17(9-7-12)26-13(2)10-18(15(26)4)19(27)11-29-22-25-24-21(28-22)20-14(3)23-16(5)30-20/h6-10H,11H2,1-5H3. The van der Waals surface area contributed by atoms with Gasteiger partial charge in [-0.3, -0.25) is 4.79 Å². The first kappa shape index (κ1) is 20.6. The molecule has 0 aliphatic rings. The summed E-state index contributed by atoms with van der Waals surface area (Å²) in [6, 6.07) is 10.2. The molecule has 0 unspecified atom stereocenters. The Hall–Kier alpha value is -2.71.